The van der Waals surface area contributed by atoms with Crippen LogP contribution in [0.5, 0.6) is 5.75 Å². The maximum Gasteiger partial charge on any atom is 0.264 e. The average molecular weight is 558 g/mol. The molecular formula is C28H32ClN3O5S. The van der Waals surface area contributed by atoms with Gasteiger partial charge in [-0.25, -0.2) is 8.42 Å². The van der Waals surface area contributed by atoms with E-state index in [9.17, 15) is 18.0 Å². The van der Waals surface area contributed by atoms with Crippen LogP contribution in [-0.4, -0.2) is 51.4 Å². The van der Waals surface area contributed by atoms with Crippen LogP contribution in [0.1, 0.15) is 25.8 Å². The molecule has 0 unspecified atom stereocenters. The van der Waals surface area contributed by atoms with Gasteiger partial charge in [0.15, 0.2) is 0 Å². The molecule has 0 bridgehead atoms. The molecule has 1 N–H and O–H groups in total. The Balaban J connectivity index is 2.06. The molecule has 0 radical (unpaired) electrons. The number of ether oxygens (including phenoxy) is 1. The van der Waals surface area contributed by atoms with Gasteiger partial charge in [0, 0.05) is 24.2 Å². The molecule has 0 saturated carbocycles. The maximum absolute atomic E-state index is 13.9. The summed E-state index contributed by atoms with van der Waals surface area (Å²) in [6.45, 7) is 3.59. The van der Waals surface area contributed by atoms with Gasteiger partial charge in [-0.2, -0.15) is 0 Å². The molecule has 0 aromatic heterocycles. The Hall–Kier alpha value is -3.56. The van der Waals surface area contributed by atoms with Crippen LogP contribution in [0.25, 0.3) is 0 Å². The third-order valence-corrected chi connectivity index (χ3v) is 7.99. The minimum Gasteiger partial charge on any atom is -0.497 e. The lowest BCUT2D eigenvalue weighted by Crippen LogP contribution is -2.52. The van der Waals surface area contributed by atoms with Gasteiger partial charge in [-0.3, -0.25) is 13.9 Å². The second-order valence-electron chi connectivity index (χ2n) is 8.49. The molecule has 2 amide bonds. The van der Waals surface area contributed by atoms with Gasteiger partial charge in [0.05, 0.1) is 17.7 Å². The molecule has 10 heteroatoms. The van der Waals surface area contributed by atoms with Gasteiger partial charge in [0.2, 0.25) is 11.8 Å². The normalized spacial score (nSPS) is 11.9. The van der Waals surface area contributed by atoms with E-state index in [2.05, 4.69) is 5.32 Å². The molecule has 3 aromatic rings. The lowest BCUT2D eigenvalue weighted by atomic mass is 10.1. The number of hydrogen-bond donors (Lipinski definition) is 1. The molecule has 3 rings (SSSR count). The van der Waals surface area contributed by atoms with Crippen LogP contribution in [-0.2, 0) is 26.2 Å². The first kappa shape index (κ1) is 29.0. The van der Waals surface area contributed by atoms with Gasteiger partial charge in [0.1, 0.15) is 18.3 Å². The number of rotatable bonds is 12. The van der Waals surface area contributed by atoms with Gasteiger partial charge in [-0.05, 0) is 55.3 Å². The number of sulfonamides is 1. The van der Waals surface area contributed by atoms with Gasteiger partial charge in [0.25, 0.3) is 10.0 Å². The van der Waals surface area contributed by atoms with Crippen molar-refractivity contribution in [3.05, 3.63) is 89.4 Å². The second kappa shape index (κ2) is 13.3. The number of carbonyl (C=O) groups is 2. The van der Waals surface area contributed by atoms with Gasteiger partial charge >= 0.3 is 0 Å². The summed E-state index contributed by atoms with van der Waals surface area (Å²) in [5, 5.41) is 3.32. The van der Waals surface area contributed by atoms with Crippen molar-refractivity contribution in [1.29, 1.82) is 0 Å². The third-order valence-electron chi connectivity index (χ3n) is 5.95. The quantitative estimate of drug-likeness (QED) is 0.354. The lowest BCUT2D eigenvalue weighted by molar-refractivity contribution is -0.140. The van der Waals surface area contributed by atoms with Crippen molar-refractivity contribution in [2.45, 2.75) is 37.8 Å². The zero-order valence-electron chi connectivity index (χ0n) is 21.6. The van der Waals surface area contributed by atoms with Crippen molar-refractivity contribution >= 4 is 39.1 Å². The first-order chi connectivity index (χ1) is 18.2. The predicted molar refractivity (Wildman–Crippen MR) is 149 cm³/mol. The summed E-state index contributed by atoms with van der Waals surface area (Å²) in [5.41, 5.74) is 1.02. The summed E-state index contributed by atoms with van der Waals surface area (Å²) in [6, 6.07) is 20.5. The highest BCUT2D eigenvalue weighted by atomic mass is 35.5. The molecule has 0 aliphatic heterocycles. The van der Waals surface area contributed by atoms with E-state index < -0.39 is 28.5 Å². The molecule has 0 heterocycles. The van der Waals surface area contributed by atoms with Crippen molar-refractivity contribution < 1.29 is 22.7 Å². The van der Waals surface area contributed by atoms with E-state index in [0.29, 0.717) is 23.7 Å². The van der Waals surface area contributed by atoms with E-state index in [0.717, 1.165) is 9.87 Å². The van der Waals surface area contributed by atoms with Gasteiger partial charge in [-0.15, -0.1) is 0 Å². The molecule has 3 aromatic carbocycles. The van der Waals surface area contributed by atoms with Crippen molar-refractivity contribution in [3.63, 3.8) is 0 Å². The zero-order valence-corrected chi connectivity index (χ0v) is 23.2. The molecule has 1 atom stereocenters. The second-order valence-corrected chi connectivity index (χ2v) is 10.8. The number of likely N-dealkylation sites (N-methyl/N-ethyl adjacent to an activating group) is 1. The van der Waals surface area contributed by atoms with E-state index in [1.54, 1.807) is 73.7 Å². The highest BCUT2D eigenvalue weighted by molar-refractivity contribution is 7.92. The summed E-state index contributed by atoms with van der Waals surface area (Å²) in [5.74, 6) is -0.397. The Kier molecular flexibility index (Phi) is 10.2. The number of benzene rings is 3. The highest BCUT2D eigenvalue weighted by Crippen LogP contribution is 2.27. The Morgan fingerprint density at radius 2 is 1.66 bits per heavy atom. The highest BCUT2D eigenvalue weighted by Gasteiger charge is 2.33. The summed E-state index contributed by atoms with van der Waals surface area (Å²) in [4.78, 5) is 28.3. The lowest BCUT2D eigenvalue weighted by Gasteiger charge is -2.33. The fourth-order valence-electron chi connectivity index (χ4n) is 4.01. The molecule has 0 fully saturated rings. The molecule has 0 aliphatic carbocycles. The molecule has 0 spiro atoms. The summed E-state index contributed by atoms with van der Waals surface area (Å²) in [6.07, 6.45) is 0.343. The number of carbonyl (C=O) groups excluding carboxylic acids is 2. The van der Waals surface area contributed by atoms with E-state index in [1.807, 2.05) is 6.92 Å². The van der Waals surface area contributed by atoms with Crippen LogP contribution in [0, 0.1) is 0 Å². The van der Waals surface area contributed by atoms with Crippen LogP contribution in [0.15, 0.2) is 83.8 Å². The van der Waals surface area contributed by atoms with Crippen LogP contribution in [0.2, 0.25) is 5.02 Å². The van der Waals surface area contributed by atoms with E-state index in [4.69, 9.17) is 16.3 Å². The van der Waals surface area contributed by atoms with Crippen LogP contribution in [0.3, 0.4) is 0 Å². The van der Waals surface area contributed by atoms with E-state index >= 15 is 0 Å². The first-order valence-corrected chi connectivity index (χ1v) is 14.1. The van der Waals surface area contributed by atoms with E-state index in [-0.39, 0.29) is 23.0 Å². The Bertz CT molecular complexity index is 1330. The number of halogens is 1. The topological polar surface area (TPSA) is 96.0 Å². The average Bonchev–Trinajstić information content (AvgIpc) is 2.93. The Morgan fingerprint density at radius 3 is 2.26 bits per heavy atom. The fraction of sp³-hybridized carbons (Fsp3) is 0.286. The summed E-state index contributed by atoms with van der Waals surface area (Å²) < 4.78 is 33.9. The van der Waals surface area contributed by atoms with Crippen LogP contribution in [0.4, 0.5) is 5.69 Å². The number of nitrogens with one attached hydrogen (secondary N) is 1. The van der Waals surface area contributed by atoms with Crippen LogP contribution < -0.4 is 14.4 Å². The molecule has 0 saturated heterocycles. The first-order valence-electron chi connectivity index (χ1n) is 12.2. The van der Waals surface area contributed by atoms with E-state index in [1.165, 1.54) is 24.1 Å². The Morgan fingerprint density at radius 1 is 0.974 bits per heavy atom. The van der Waals surface area contributed by atoms with Crippen molar-refractivity contribution in [3.8, 4) is 5.75 Å². The number of hydrogen-bond acceptors (Lipinski definition) is 5. The largest absolute Gasteiger partial charge is 0.497 e. The summed E-state index contributed by atoms with van der Waals surface area (Å²) in [7, 11) is -2.66. The fourth-order valence-corrected chi connectivity index (χ4v) is 5.57. The maximum atomic E-state index is 13.9. The van der Waals surface area contributed by atoms with Gasteiger partial charge < -0.3 is 15.0 Å². The van der Waals surface area contributed by atoms with Crippen molar-refractivity contribution in [2.75, 3.05) is 24.5 Å². The number of nitrogens with zero attached hydrogens (tertiary/aromatic N) is 2. The Labute approximate surface area is 229 Å². The SMILES string of the molecule is CCNC(=O)[C@@H](CC)N(Cc1ccc(Cl)cc1)C(=O)CN(c1cccc(OC)c1)S(=O)(=O)c1ccccc1. The summed E-state index contributed by atoms with van der Waals surface area (Å²) >= 11 is 6.03. The number of anilines is 1. The van der Waals surface area contributed by atoms with Crippen molar-refractivity contribution in [2.24, 2.45) is 0 Å². The third kappa shape index (κ3) is 7.05. The standard InChI is InChI=1S/C28H32ClN3O5S/c1-4-26(28(34)30-5-2)31(19-21-14-16-22(29)17-15-21)27(33)20-32(23-10-9-11-24(18-23)37-3)38(35,36)25-12-7-6-8-13-25/h6-18,26H,4-5,19-20H2,1-3H3,(H,30,34)/t26-/m1/s1. The van der Waals surface area contributed by atoms with Crippen LogP contribution >= 0.6 is 11.6 Å². The minimum absolute atomic E-state index is 0.0376. The molecule has 202 valence electrons. The minimum atomic E-state index is -4.14. The molecule has 8 nitrogen and oxygen atoms in total. The molecule has 38 heavy (non-hydrogen) atoms. The van der Waals surface area contributed by atoms with Crippen molar-refractivity contribution in [1.82, 2.24) is 10.2 Å². The number of methoxy groups -OCH3 is 1. The molecule has 0 aliphatic rings. The van der Waals surface area contributed by atoms with Gasteiger partial charge in [-0.1, -0.05) is 54.9 Å². The number of amides is 2. The zero-order chi connectivity index (χ0) is 27.7. The molecular weight excluding hydrogens is 526 g/mol. The predicted octanol–water partition coefficient (Wildman–Crippen LogP) is 4.49. The monoisotopic (exact) mass is 557 g/mol. The smallest absolute Gasteiger partial charge is 0.264 e.